The average molecular weight is 378 g/mol. The molecule has 0 aromatic carbocycles. The number of nitrogens with zero attached hydrogens (tertiary/aromatic N) is 2. The fourth-order valence-corrected chi connectivity index (χ4v) is 2.84. The van der Waals surface area contributed by atoms with Crippen molar-refractivity contribution >= 4 is 45.1 Å². The van der Waals surface area contributed by atoms with Gasteiger partial charge < -0.3 is 9.73 Å². The Labute approximate surface area is 139 Å². The van der Waals surface area contributed by atoms with Crippen molar-refractivity contribution in [2.24, 2.45) is 0 Å². The Kier molecular flexibility index (Phi) is 4.55. The van der Waals surface area contributed by atoms with E-state index in [0.29, 0.717) is 22.8 Å². The third-order valence-corrected chi connectivity index (χ3v) is 4.03. The standard InChI is InChI=1S/C15H12BrN3O2S/c16-13-3-1-12(21-13)2-4-15(20)18-14-5-7-17-19(14)9-11-6-8-22-10-11/h1-8,10H,9H2,(H,18,20)/b4-2+. The molecule has 0 saturated carbocycles. The lowest BCUT2D eigenvalue weighted by Gasteiger charge is -2.06. The highest BCUT2D eigenvalue weighted by Crippen LogP contribution is 2.15. The van der Waals surface area contributed by atoms with E-state index in [4.69, 9.17) is 4.42 Å². The highest BCUT2D eigenvalue weighted by Gasteiger charge is 2.06. The largest absolute Gasteiger partial charge is 0.450 e. The molecule has 0 aliphatic rings. The SMILES string of the molecule is O=C(/C=C/c1ccc(Br)o1)Nc1ccnn1Cc1ccsc1. The summed E-state index contributed by atoms with van der Waals surface area (Å²) in [5, 5.41) is 11.1. The molecule has 0 bridgehead atoms. The van der Waals surface area contributed by atoms with Crippen LogP contribution in [0.1, 0.15) is 11.3 Å². The number of rotatable bonds is 5. The monoisotopic (exact) mass is 377 g/mol. The number of carbonyl (C=O) groups excluding carboxylic acids is 1. The predicted octanol–water partition coefficient (Wildman–Crippen LogP) is 4.00. The molecular weight excluding hydrogens is 366 g/mol. The van der Waals surface area contributed by atoms with Gasteiger partial charge in [0, 0.05) is 12.1 Å². The predicted molar refractivity (Wildman–Crippen MR) is 89.7 cm³/mol. The first-order valence-electron chi connectivity index (χ1n) is 6.48. The summed E-state index contributed by atoms with van der Waals surface area (Å²) in [6.45, 7) is 0.626. The zero-order valence-electron chi connectivity index (χ0n) is 11.4. The van der Waals surface area contributed by atoms with Gasteiger partial charge in [-0.3, -0.25) is 4.79 Å². The van der Waals surface area contributed by atoms with Crippen molar-refractivity contribution in [1.82, 2.24) is 9.78 Å². The molecule has 3 rings (SSSR count). The molecular formula is C15H12BrN3O2S. The average Bonchev–Trinajstić information content (AvgIpc) is 3.22. The van der Waals surface area contributed by atoms with Crippen molar-refractivity contribution in [2.75, 3.05) is 5.32 Å². The molecule has 0 aliphatic carbocycles. The minimum atomic E-state index is -0.236. The van der Waals surface area contributed by atoms with Crippen LogP contribution in [0, 0.1) is 0 Å². The number of aromatic nitrogens is 2. The number of anilines is 1. The number of hydrogen-bond donors (Lipinski definition) is 1. The zero-order valence-corrected chi connectivity index (χ0v) is 13.8. The molecule has 0 spiro atoms. The molecule has 1 amide bonds. The van der Waals surface area contributed by atoms with Gasteiger partial charge in [-0.2, -0.15) is 16.4 Å². The number of hydrogen-bond acceptors (Lipinski definition) is 4. The summed E-state index contributed by atoms with van der Waals surface area (Å²) in [5.41, 5.74) is 1.15. The molecule has 7 heteroatoms. The fourth-order valence-electron chi connectivity index (χ4n) is 1.86. The van der Waals surface area contributed by atoms with Crippen molar-refractivity contribution in [3.05, 3.63) is 63.3 Å². The summed E-state index contributed by atoms with van der Waals surface area (Å²) in [6.07, 6.45) is 4.70. The highest BCUT2D eigenvalue weighted by atomic mass is 79.9. The van der Waals surface area contributed by atoms with Crippen LogP contribution in [0.3, 0.4) is 0 Å². The van der Waals surface area contributed by atoms with Gasteiger partial charge in [0.25, 0.3) is 0 Å². The van der Waals surface area contributed by atoms with Gasteiger partial charge in [0.15, 0.2) is 4.67 Å². The quantitative estimate of drug-likeness (QED) is 0.683. The maximum absolute atomic E-state index is 12.0. The van der Waals surface area contributed by atoms with Crippen LogP contribution in [0.4, 0.5) is 5.82 Å². The maximum Gasteiger partial charge on any atom is 0.249 e. The van der Waals surface area contributed by atoms with Crippen molar-refractivity contribution in [3.8, 4) is 0 Å². The minimum Gasteiger partial charge on any atom is -0.450 e. The second-order valence-electron chi connectivity index (χ2n) is 4.47. The van der Waals surface area contributed by atoms with Crippen LogP contribution in [-0.4, -0.2) is 15.7 Å². The number of carbonyl (C=O) groups is 1. The second-order valence-corrected chi connectivity index (χ2v) is 6.03. The van der Waals surface area contributed by atoms with Gasteiger partial charge in [-0.15, -0.1) is 0 Å². The lowest BCUT2D eigenvalue weighted by Crippen LogP contribution is -2.13. The van der Waals surface area contributed by atoms with Gasteiger partial charge >= 0.3 is 0 Å². The summed E-state index contributed by atoms with van der Waals surface area (Å²) < 4.78 is 7.67. The molecule has 0 radical (unpaired) electrons. The van der Waals surface area contributed by atoms with Crippen LogP contribution in [0.5, 0.6) is 0 Å². The van der Waals surface area contributed by atoms with Crippen molar-refractivity contribution in [2.45, 2.75) is 6.54 Å². The van der Waals surface area contributed by atoms with Gasteiger partial charge in [-0.25, -0.2) is 4.68 Å². The Bertz CT molecular complexity index is 789. The molecule has 5 nitrogen and oxygen atoms in total. The summed E-state index contributed by atoms with van der Waals surface area (Å²) >= 11 is 4.85. The molecule has 0 aliphatic heterocycles. The lowest BCUT2D eigenvalue weighted by atomic mass is 10.3. The van der Waals surface area contributed by atoms with E-state index in [1.807, 2.05) is 11.4 Å². The van der Waals surface area contributed by atoms with Crippen LogP contribution >= 0.6 is 27.3 Å². The minimum absolute atomic E-state index is 0.236. The van der Waals surface area contributed by atoms with E-state index in [9.17, 15) is 4.79 Å². The third kappa shape index (κ3) is 3.75. The topological polar surface area (TPSA) is 60.1 Å². The summed E-state index contributed by atoms with van der Waals surface area (Å²) in [6, 6.07) is 7.34. The van der Waals surface area contributed by atoms with Crippen LogP contribution < -0.4 is 5.32 Å². The van der Waals surface area contributed by atoms with Crippen LogP contribution in [0.25, 0.3) is 6.08 Å². The third-order valence-electron chi connectivity index (χ3n) is 2.87. The molecule has 0 fully saturated rings. The number of thiophene rings is 1. The smallest absolute Gasteiger partial charge is 0.249 e. The normalized spacial score (nSPS) is 11.1. The van der Waals surface area contributed by atoms with Gasteiger partial charge in [0.2, 0.25) is 5.91 Å². The van der Waals surface area contributed by atoms with Gasteiger partial charge in [0.1, 0.15) is 11.6 Å². The van der Waals surface area contributed by atoms with Crippen molar-refractivity contribution in [3.63, 3.8) is 0 Å². The summed E-state index contributed by atoms with van der Waals surface area (Å²) in [7, 11) is 0. The van der Waals surface area contributed by atoms with E-state index in [0.717, 1.165) is 5.56 Å². The van der Waals surface area contributed by atoms with Gasteiger partial charge in [-0.1, -0.05) is 0 Å². The highest BCUT2D eigenvalue weighted by molar-refractivity contribution is 9.10. The Morgan fingerprint density at radius 2 is 2.32 bits per heavy atom. The van der Waals surface area contributed by atoms with E-state index in [1.54, 1.807) is 46.5 Å². The summed E-state index contributed by atoms with van der Waals surface area (Å²) in [4.78, 5) is 12.0. The van der Waals surface area contributed by atoms with Crippen molar-refractivity contribution in [1.29, 1.82) is 0 Å². The van der Waals surface area contributed by atoms with E-state index < -0.39 is 0 Å². The van der Waals surface area contributed by atoms with E-state index in [2.05, 4.69) is 31.7 Å². The number of halogens is 1. The molecule has 0 saturated heterocycles. The first-order chi connectivity index (χ1) is 10.7. The second kappa shape index (κ2) is 6.76. The van der Waals surface area contributed by atoms with E-state index in [1.165, 1.54) is 6.08 Å². The molecule has 0 unspecified atom stereocenters. The van der Waals surface area contributed by atoms with Gasteiger partial charge in [-0.05, 0) is 56.5 Å². The van der Waals surface area contributed by atoms with Crippen LogP contribution in [0.15, 0.2) is 56.4 Å². The van der Waals surface area contributed by atoms with Crippen molar-refractivity contribution < 1.29 is 9.21 Å². The molecule has 112 valence electrons. The fraction of sp³-hybridized carbons (Fsp3) is 0.0667. The van der Waals surface area contributed by atoms with E-state index in [-0.39, 0.29) is 5.91 Å². The zero-order chi connectivity index (χ0) is 15.4. The number of nitrogens with one attached hydrogen (secondary N) is 1. The molecule has 3 aromatic rings. The number of furan rings is 1. The number of amides is 1. The Balaban J connectivity index is 1.64. The molecule has 3 heterocycles. The first kappa shape index (κ1) is 14.8. The summed E-state index contributed by atoms with van der Waals surface area (Å²) in [5.74, 6) is 1.02. The van der Waals surface area contributed by atoms with Crippen LogP contribution in [-0.2, 0) is 11.3 Å². The lowest BCUT2D eigenvalue weighted by molar-refractivity contribution is -0.111. The Morgan fingerprint density at radius 1 is 1.41 bits per heavy atom. The molecule has 0 atom stereocenters. The molecule has 22 heavy (non-hydrogen) atoms. The van der Waals surface area contributed by atoms with Gasteiger partial charge in [0.05, 0.1) is 12.7 Å². The Morgan fingerprint density at radius 3 is 3.05 bits per heavy atom. The van der Waals surface area contributed by atoms with Crippen LogP contribution in [0.2, 0.25) is 0 Å². The van der Waals surface area contributed by atoms with E-state index >= 15 is 0 Å². The molecule has 3 aromatic heterocycles. The molecule has 1 N–H and O–H groups in total. The maximum atomic E-state index is 12.0. The first-order valence-corrected chi connectivity index (χ1v) is 8.21. The Hall–Kier alpha value is -2.12.